The lowest BCUT2D eigenvalue weighted by Crippen LogP contribution is -2.55. The summed E-state index contributed by atoms with van der Waals surface area (Å²) in [6.45, 7) is 6.48. The Morgan fingerprint density at radius 3 is 2.54 bits per heavy atom. The number of likely N-dealkylation sites (tertiary alicyclic amines) is 1. The zero-order chi connectivity index (χ0) is 23.9. The highest BCUT2D eigenvalue weighted by molar-refractivity contribution is 7.19. The summed E-state index contributed by atoms with van der Waals surface area (Å²) < 4.78 is 1.32. The van der Waals surface area contributed by atoms with E-state index in [2.05, 4.69) is 56.3 Å². The highest BCUT2D eigenvalue weighted by atomic mass is 32.1. The Hall–Kier alpha value is -2.99. The number of rotatable bonds is 5. The minimum Gasteiger partial charge on any atom is -0.342 e. The van der Waals surface area contributed by atoms with Crippen molar-refractivity contribution in [3.05, 3.63) is 58.5 Å². The number of amidine groups is 1. The SMILES string of the molecule is Cc1cc2cc(-c3ccc(C4=NC5(CC5)C(=O)N4CC4CN(C(=O)C5CC5)C4)cc3C)ccc2s1. The smallest absolute Gasteiger partial charge is 0.256 e. The van der Waals surface area contributed by atoms with Crippen LogP contribution < -0.4 is 0 Å². The Morgan fingerprint density at radius 1 is 1.06 bits per heavy atom. The van der Waals surface area contributed by atoms with Crippen LogP contribution in [-0.2, 0) is 9.59 Å². The maximum atomic E-state index is 13.3. The summed E-state index contributed by atoms with van der Waals surface area (Å²) in [4.78, 5) is 35.8. The van der Waals surface area contributed by atoms with Crippen LogP contribution in [0.4, 0.5) is 0 Å². The fourth-order valence-electron chi connectivity index (χ4n) is 5.67. The molecule has 2 amide bonds. The van der Waals surface area contributed by atoms with Crippen LogP contribution in [-0.4, -0.2) is 52.6 Å². The highest BCUT2D eigenvalue weighted by Gasteiger charge is 2.58. The third-order valence-corrected chi connectivity index (χ3v) is 9.05. The molecule has 0 unspecified atom stereocenters. The molecule has 3 fully saturated rings. The van der Waals surface area contributed by atoms with Gasteiger partial charge in [-0.3, -0.25) is 19.5 Å². The second kappa shape index (κ2) is 7.50. The maximum absolute atomic E-state index is 13.3. The molecule has 0 atom stereocenters. The van der Waals surface area contributed by atoms with Crippen molar-refractivity contribution in [1.29, 1.82) is 0 Å². The number of amides is 2. The van der Waals surface area contributed by atoms with Crippen molar-refractivity contribution in [2.75, 3.05) is 19.6 Å². The number of carbonyl (C=O) groups is 2. The van der Waals surface area contributed by atoms with E-state index in [0.29, 0.717) is 18.4 Å². The lowest BCUT2D eigenvalue weighted by molar-refractivity contribution is -0.139. The summed E-state index contributed by atoms with van der Waals surface area (Å²) in [6.07, 6.45) is 3.78. The number of fused-ring (bicyclic) bond motifs is 1. The lowest BCUT2D eigenvalue weighted by atomic mass is 9.96. The van der Waals surface area contributed by atoms with Crippen molar-refractivity contribution in [3.8, 4) is 11.1 Å². The summed E-state index contributed by atoms with van der Waals surface area (Å²) in [5.41, 5.74) is 4.11. The average Bonchev–Trinajstić information content (AvgIpc) is 3.72. The molecule has 2 aliphatic heterocycles. The number of thiophene rings is 1. The lowest BCUT2D eigenvalue weighted by Gasteiger charge is -2.41. The van der Waals surface area contributed by atoms with Crippen LogP contribution in [0, 0.1) is 25.7 Å². The number of benzene rings is 2. The monoisotopic (exact) mass is 483 g/mol. The number of aryl methyl sites for hydroxylation is 2. The third kappa shape index (κ3) is 3.53. The maximum Gasteiger partial charge on any atom is 0.256 e. The molecule has 3 aromatic rings. The normalized spacial score (nSPS) is 21.1. The topological polar surface area (TPSA) is 53.0 Å². The molecule has 1 saturated heterocycles. The fourth-order valence-corrected chi connectivity index (χ4v) is 6.58. The largest absolute Gasteiger partial charge is 0.342 e. The molecule has 2 aromatic carbocycles. The van der Waals surface area contributed by atoms with Gasteiger partial charge >= 0.3 is 0 Å². The molecule has 2 aliphatic carbocycles. The first-order chi connectivity index (χ1) is 16.9. The van der Waals surface area contributed by atoms with Crippen LogP contribution in [0.2, 0.25) is 0 Å². The number of aliphatic imine (C=N–C) groups is 1. The average molecular weight is 484 g/mol. The molecular formula is C29H29N3O2S. The second-order valence-electron chi connectivity index (χ2n) is 10.9. The molecule has 3 heterocycles. The van der Waals surface area contributed by atoms with Crippen molar-refractivity contribution < 1.29 is 9.59 Å². The molecule has 4 aliphatic rings. The minimum absolute atomic E-state index is 0.152. The van der Waals surface area contributed by atoms with Gasteiger partial charge in [0.05, 0.1) is 0 Å². The molecule has 35 heavy (non-hydrogen) atoms. The predicted molar refractivity (Wildman–Crippen MR) is 140 cm³/mol. The van der Waals surface area contributed by atoms with E-state index in [0.717, 1.165) is 50.2 Å². The molecule has 7 rings (SSSR count). The summed E-state index contributed by atoms with van der Waals surface area (Å²) >= 11 is 1.83. The molecular weight excluding hydrogens is 454 g/mol. The van der Waals surface area contributed by atoms with Gasteiger partial charge in [0.1, 0.15) is 11.4 Å². The Kier molecular flexibility index (Phi) is 4.57. The second-order valence-corrected chi connectivity index (χ2v) is 12.2. The van der Waals surface area contributed by atoms with Crippen LogP contribution in [0.25, 0.3) is 21.2 Å². The van der Waals surface area contributed by atoms with Crippen molar-refractivity contribution in [2.45, 2.75) is 45.1 Å². The number of nitrogens with zero attached hydrogens (tertiary/aromatic N) is 3. The van der Waals surface area contributed by atoms with Crippen molar-refractivity contribution in [2.24, 2.45) is 16.8 Å². The quantitative estimate of drug-likeness (QED) is 0.502. The zero-order valence-electron chi connectivity index (χ0n) is 20.2. The van der Waals surface area contributed by atoms with Crippen LogP contribution in [0.15, 0.2) is 47.5 Å². The van der Waals surface area contributed by atoms with E-state index in [1.165, 1.54) is 31.7 Å². The van der Waals surface area contributed by atoms with Gasteiger partial charge in [-0.25, -0.2) is 0 Å². The molecule has 0 N–H and O–H groups in total. The predicted octanol–water partition coefficient (Wildman–Crippen LogP) is 5.17. The van der Waals surface area contributed by atoms with Gasteiger partial charge < -0.3 is 4.90 Å². The molecule has 0 radical (unpaired) electrons. The van der Waals surface area contributed by atoms with Crippen LogP contribution in [0.3, 0.4) is 0 Å². The first-order valence-electron chi connectivity index (χ1n) is 12.7. The summed E-state index contributed by atoms with van der Waals surface area (Å²) in [5, 5.41) is 1.29. The summed E-state index contributed by atoms with van der Waals surface area (Å²) in [7, 11) is 0. The molecule has 2 saturated carbocycles. The van der Waals surface area contributed by atoms with E-state index >= 15 is 0 Å². The molecule has 5 nitrogen and oxygen atoms in total. The van der Waals surface area contributed by atoms with Crippen molar-refractivity contribution >= 4 is 39.1 Å². The van der Waals surface area contributed by atoms with Gasteiger partial charge in [-0.1, -0.05) is 18.2 Å². The van der Waals surface area contributed by atoms with Gasteiger partial charge in [0.25, 0.3) is 5.91 Å². The molecule has 0 bridgehead atoms. The Bertz CT molecular complexity index is 1420. The number of carbonyl (C=O) groups excluding carboxylic acids is 2. The molecule has 178 valence electrons. The van der Waals surface area contributed by atoms with E-state index < -0.39 is 5.54 Å². The first kappa shape index (κ1) is 21.3. The van der Waals surface area contributed by atoms with E-state index in [4.69, 9.17) is 4.99 Å². The van der Waals surface area contributed by atoms with Crippen molar-refractivity contribution in [3.63, 3.8) is 0 Å². The third-order valence-electron chi connectivity index (χ3n) is 8.01. The van der Waals surface area contributed by atoms with Gasteiger partial charge in [0.2, 0.25) is 5.91 Å². The van der Waals surface area contributed by atoms with Gasteiger partial charge in [-0.05, 0) is 85.9 Å². The van der Waals surface area contributed by atoms with E-state index in [9.17, 15) is 9.59 Å². The standard InChI is InChI=1S/C29H29N3O2S/c1-17-11-22(5-7-24(17)21-6-8-25-23(13-21)12-18(2)35-25)26-30-29(9-10-29)28(34)32(26)16-19-14-31(15-19)27(33)20-3-4-20/h5-8,11-13,19-20H,3-4,9-10,14-16H2,1-2H3. The van der Waals surface area contributed by atoms with Gasteiger partial charge in [0.15, 0.2) is 0 Å². The van der Waals surface area contributed by atoms with Gasteiger partial charge in [-0.15, -0.1) is 11.3 Å². The molecule has 1 spiro atoms. The number of hydrogen-bond donors (Lipinski definition) is 0. The first-order valence-corrected chi connectivity index (χ1v) is 13.5. The van der Waals surface area contributed by atoms with Crippen LogP contribution >= 0.6 is 11.3 Å². The summed E-state index contributed by atoms with van der Waals surface area (Å²) in [5.74, 6) is 1.88. The number of hydrogen-bond acceptors (Lipinski definition) is 4. The van der Waals surface area contributed by atoms with Gasteiger partial charge in [-0.2, -0.15) is 0 Å². The minimum atomic E-state index is -0.517. The highest BCUT2D eigenvalue weighted by Crippen LogP contribution is 2.46. The molecule has 6 heteroatoms. The Morgan fingerprint density at radius 2 is 1.83 bits per heavy atom. The van der Waals surface area contributed by atoms with E-state index in [1.807, 2.05) is 21.1 Å². The fraction of sp³-hybridized carbons (Fsp3) is 0.414. The zero-order valence-corrected chi connectivity index (χ0v) is 21.0. The molecule has 1 aromatic heterocycles. The van der Waals surface area contributed by atoms with Gasteiger partial charge in [0, 0.05) is 46.6 Å². The Labute approximate surface area is 209 Å². The van der Waals surface area contributed by atoms with Crippen LogP contribution in [0.1, 0.15) is 41.7 Å². The van der Waals surface area contributed by atoms with Crippen LogP contribution in [0.5, 0.6) is 0 Å². The van der Waals surface area contributed by atoms with E-state index in [1.54, 1.807) is 0 Å². The van der Waals surface area contributed by atoms with Crippen molar-refractivity contribution in [1.82, 2.24) is 9.80 Å². The van der Waals surface area contributed by atoms with E-state index in [-0.39, 0.29) is 11.8 Å². The Balaban J connectivity index is 1.14. The summed E-state index contributed by atoms with van der Waals surface area (Å²) in [6, 6.07) is 15.4.